The summed E-state index contributed by atoms with van der Waals surface area (Å²) < 4.78 is 5.74. The number of rotatable bonds is 10. The Morgan fingerprint density at radius 3 is 2.39 bits per heavy atom. The van der Waals surface area contributed by atoms with Gasteiger partial charge in [0.15, 0.2) is 0 Å². The first-order valence-corrected chi connectivity index (χ1v) is 10.3. The third-order valence-electron chi connectivity index (χ3n) is 4.76. The number of nitrogens with one attached hydrogen (secondary N) is 1. The van der Waals surface area contributed by atoms with Gasteiger partial charge in [-0.05, 0) is 37.7 Å². The van der Waals surface area contributed by atoms with Crippen molar-refractivity contribution < 1.29 is 14.3 Å². The molecular weight excluding hydrogens is 380 g/mol. The predicted octanol–water partition coefficient (Wildman–Crippen LogP) is 1.32. The fourth-order valence-corrected chi connectivity index (χ4v) is 3.20. The summed E-state index contributed by atoms with van der Waals surface area (Å²) >= 11 is 5.87. The maximum absolute atomic E-state index is 12.5. The number of nitrogens with zero attached hydrogens (tertiary/aromatic N) is 3. The molecule has 156 valence electrons. The lowest BCUT2D eigenvalue weighted by molar-refractivity contribution is -0.134. The molecule has 8 heteroatoms. The number of carbonyl (C=O) groups is 2. The van der Waals surface area contributed by atoms with Gasteiger partial charge in [-0.15, -0.1) is 0 Å². The van der Waals surface area contributed by atoms with Gasteiger partial charge in [0, 0.05) is 44.3 Å². The highest BCUT2D eigenvalue weighted by atomic mass is 35.5. The number of ether oxygens (including phenoxy) is 1. The van der Waals surface area contributed by atoms with Crippen LogP contribution in [-0.4, -0.2) is 92.0 Å². The second-order valence-corrected chi connectivity index (χ2v) is 7.22. The second-order valence-electron chi connectivity index (χ2n) is 6.78. The van der Waals surface area contributed by atoms with Gasteiger partial charge >= 0.3 is 0 Å². The Morgan fingerprint density at radius 2 is 1.79 bits per heavy atom. The monoisotopic (exact) mass is 410 g/mol. The fraction of sp³-hybridized carbons (Fsp3) is 0.600. The van der Waals surface area contributed by atoms with E-state index in [4.69, 9.17) is 16.3 Å². The topological polar surface area (TPSA) is 65.1 Å². The lowest BCUT2D eigenvalue weighted by Gasteiger charge is -2.35. The van der Waals surface area contributed by atoms with E-state index in [2.05, 4.69) is 10.2 Å². The Kier molecular flexibility index (Phi) is 9.54. The number of hydrogen-bond donors (Lipinski definition) is 1. The Labute approximate surface area is 172 Å². The highest BCUT2D eigenvalue weighted by Crippen LogP contribution is 2.15. The van der Waals surface area contributed by atoms with Crippen molar-refractivity contribution in [3.63, 3.8) is 0 Å². The van der Waals surface area contributed by atoms with E-state index < -0.39 is 0 Å². The number of likely N-dealkylation sites (N-methyl/N-ethyl adjacent to an activating group) is 2. The first-order chi connectivity index (χ1) is 13.5. The minimum atomic E-state index is -0.0392. The third kappa shape index (κ3) is 7.66. The molecule has 7 nitrogen and oxygen atoms in total. The third-order valence-corrected chi connectivity index (χ3v) is 5.01. The maximum atomic E-state index is 12.5. The molecular formula is C20H31ClN4O3. The number of carbonyl (C=O) groups excluding carboxylic acids is 2. The maximum Gasteiger partial charge on any atom is 0.236 e. The van der Waals surface area contributed by atoms with Crippen molar-refractivity contribution in [2.45, 2.75) is 13.8 Å². The van der Waals surface area contributed by atoms with Crippen molar-refractivity contribution in [3.05, 3.63) is 29.3 Å². The van der Waals surface area contributed by atoms with Gasteiger partial charge in [-0.1, -0.05) is 18.5 Å². The molecule has 0 atom stereocenters. The lowest BCUT2D eigenvalue weighted by Crippen LogP contribution is -2.52. The summed E-state index contributed by atoms with van der Waals surface area (Å²) in [5.41, 5.74) is 0. The van der Waals surface area contributed by atoms with Crippen LogP contribution in [0.5, 0.6) is 5.75 Å². The van der Waals surface area contributed by atoms with Gasteiger partial charge in [0.05, 0.1) is 13.1 Å². The zero-order valence-corrected chi connectivity index (χ0v) is 17.6. The van der Waals surface area contributed by atoms with E-state index in [1.54, 1.807) is 0 Å². The molecule has 1 aliphatic heterocycles. The lowest BCUT2D eigenvalue weighted by atomic mass is 10.3. The van der Waals surface area contributed by atoms with E-state index in [1.807, 2.05) is 47.9 Å². The van der Waals surface area contributed by atoms with E-state index >= 15 is 0 Å². The molecule has 0 unspecified atom stereocenters. The summed E-state index contributed by atoms with van der Waals surface area (Å²) in [5.74, 6) is 0.857. The number of hydrogen-bond acceptors (Lipinski definition) is 5. The molecule has 1 fully saturated rings. The molecule has 2 rings (SSSR count). The Morgan fingerprint density at radius 1 is 1.11 bits per heavy atom. The predicted molar refractivity (Wildman–Crippen MR) is 111 cm³/mol. The van der Waals surface area contributed by atoms with Crippen molar-refractivity contribution in [2.75, 3.05) is 65.5 Å². The summed E-state index contributed by atoms with van der Waals surface area (Å²) in [7, 11) is 0. The van der Waals surface area contributed by atoms with Crippen LogP contribution in [0.15, 0.2) is 24.3 Å². The first kappa shape index (κ1) is 22.5. The van der Waals surface area contributed by atoms with E-state index in [0.29, 0.717) is 37.8 Å². The molecule has 1 aromatic rings. The van der Waals surface area contributed by atoms with Crippen molar-refractivity contribution in [1.29, 1.82) is 0 Å². The molecule has 0 bridgehead atoms. The van der Waals surface area contributed by atoms with Crippen molar-refractivity contribution >= 4 is 23.4 Å². The molecule has 1 aliphatic rings. The highest BCUT2D eigenvalue weighted by molar-refractivity contribution is 6.30. The van der Waals surface area contributed by atoms with Crippen molar-refractivity contribution in [3.8, 4) is 5.75 Å². The number of benzene rings is 1. The van der Waals surface area contributed by atoms with Crippen LogP contribution in [0.25, 0.3) is 0 Å². The van der Waals surface area contributed by atoms with Gasteiger partial charge in [0.25, 0.3) is 0 Å². The molecule has 1 aromatic carbocycles. The van der Waals surface area contributed by atoms with E-state index in [-0.39, 0.29) is 24.9 Å². The molecule has 28 heavy (non-hydrogen) atoms. The fourth-order valence-electron chi connectivity index (χ4n) is 3.07. The standard InChI is InChI=1S/C20H31ClN4O3/c1-3-22-19(26)15-23(4-2)16-20(27)25-11-9-24(10-12-25)13-14-28-18-7-5-17(21)6-8-18/h5-8H,3-4,9-16H2,1-2H3,(H,22,26). The molecule has 0 spiro atoms. The van der Waals surface area contributed by atoms with Gasteiger partial charge in [0.1, 0.15) is 12.4 Å². The Hall–Kier alpha value is -1.83. The van der Waals surface area contributed by atoms with Crippen LogP contribution in [0, 0.1) is 0 Å². The molecule has 0 radical (unpaired) electrons. The first-order valence-electron chi connectivity index (χ1n) is 9.89. The van der Waals surface area contributed by atoms with E-state index in [0.717, 1.165) is 25.4 Å². The zero-order valence-electron chi connectivity index (χ0n) is 16.8. The smallest absolute Gasteiger partial charge is 0.236 e. The van der Waals surface area contributed by atoms with E-state index in [9.17, 15) is 9.59 Å². The summed E-state index contributed by atoms with van der Waals surface area (Å²) in [5, 5.41) is 3.47. The van der Waals surface area contributed by atoms with Crippen LogP contribution in [0.3, 0.4) is 0 Å². The quantitative estimate of drug-likeness (QED) is 0.630. The minimum absolute atomic E-state index is 0.0392. The van der Waals surface area contributed by atoms with Crippen molar-refractivity contribution in [1.82, 2.24) is 20.0 Å². The summed E-state index contributed by atoms with van der Waals surface area (Å²) in [4.78, 5) is 30.3. The Bertz CT molecular complexity index is 618. The summed E-state index contributed by atoms with van der Waals surface area (Å²) in [6, 6.07) is 7.35. The van der Waals surface area contributed by atoms with Crippen LogP contribution < -0.4 is 10.1 Å². The highest BCUT2D eigenvalue weighted by Gasteiger charge is 2.23. The van der Waals surface area contributed by atoms with Gasteiger partial charge in [-0.2, -0.15) is 0 Å². The second kappa shape index (κ2) is 11.9. The van der Waals surface area contributed by atoms with Crippen LogP contribution in [0.4, 0.5) is 0 Å². The van der Waals surface area contributed by atoms with Crippen LogP contribution in [0.1, 0.15) is 13.8 Å². The SMILES string of the molecule is CCNC(=O)CN(CC)CC(=O)N1CCN(CCOc2ccc(Cl)cc2)CC1. The normalized spacial score (nSPS) is 14.9. The Balaban J connectivity index is 1.66. The molecule has 1 saturated heterocycles. The molecule has 0 aromatic heterocycles. The summed E-state index contributed by atoms with van der Waals surface area (Å²) in [6.45, 7) is 10.2. The number of halogens is 1. The van der Waals surface area contributed by atoms with Crippen LogP contribution in [0.2, 0.25) is 5.02 Å². The average Bonchev–Trinajstić information content (AvgIpc) is 2.69. The molecule has 0 saturated carbocycles. The van der Waals surface area contributed by atoms with Gasteiger partial charge in [0.2, 0.25) is 11.8 Å². The molecule has 2 amide bonds. The number of piperazine rings is 1. The van der Waals surface area contributed by atoms with Crippen molar-refractivity contribution in [2.24, 2.45) is 0 Å². The van der Waals surface area contributed by atoms with Gasteiger partial charge < -0.3 is 15.0 Å². The van der Waals surface area contributed by atoms with Gasteiger partial charge in [-0.25, -0.2) is 0 Å². The van der Waals surface area contributed by atoms with Crippen LogP contribution >= 0.6 is 11.6 Å². The van der Waals surface area contributed by atoms with Gasteiger partial charge in [-0.3, -0.25) is 19.4 Å². The summed E-state index contributed by atoms with van der Waals surface area (Å²) in [6.07, 6.45) is 0. The average molecular weight is 411 g/mol. The minimum Gasteiger partial charge on any atom is -0.492 e. The zero-order chi connectivity index (χ0) is 20.4. The van der Waals surface area contributed by atoms with Crippen LogP contribution in [-0.2, 0) is 9.59 Å². The molecule has 1 heterocycles. The molecule has 1 N–H and O–H groups in total. The largest absolute Gasteiger partial charge is 0.492 e. The number of amides is 2. The van der Waals surface area contributed by atoms with E-state index in [1.165, 1.54) is 0 Å². The molecule has 0 aliphatic carbocycles.